The van der Waals surface area contributed by atoms with Crippen LogP contribution in [0.2, 0.25) is 0 Å². The molecule has 2 aromatic carbocycles. The smallest absolute Gasteiger partial charge is 0.257 e. The van der Waals surface area contributed by atoms with Crippen molar-refractivity contribution in [2.45, 2.75) is 25.0 Å². The van der Waals surface area contributed by atoms with E-state index in [0.29, 0.717) is 11.1 Å². The van der Waals surface area contributed by atoms with Crippen LogP contribution in [0.1, 0.15) is 25.3 Å². The van der Waals surface area contributed by atoms with E-state index in [1.165, 1.54) is 17.3 Å². The second kappa shape index (κ2) is 6.87. The van der Waals surface area contributed by atoms with Gasteiger partial charge in [0, 0.05) is 5.69 Å². The van der Waals surface area contributed by atoms with Crippen LogP contribution in [0.15, 0.2) is 58.2 Å². The average Bonchev–Trinajstić information content (AvgIpc) is 2.96. The second-order valence-electron chi connectivity index (χ2n) is 5.56. The molecule has 5 heteroatoms. The van der Waals surface area contributed by atoms with Crippen molar-refractivity contribution in [2.24, 2.45) is 0 Å². The van der Waals surface area contributed by atoms with Crippen LogP contribution in [0.25, 0.3) is 11.1 Å². The molecule has 0 aliphatic heterocycles. The van der Waals surface area contributed by atoms with Crippen LogP contribution in [0.3, 0.4) is 0 Å². The summed E-state index contributed by atoms with van der Waals surface area (Å²) >= 11 is 1.29. The number of amides is 1. The minimum atomic E-state index is -0.0745. The molecular formula is C18H18N2O2S. The van der Waals surface area contributed by atoms with Crippen molar-refractivity contribution in [1.82, 2.24) is 4.98 Å². The van der Waals surface area contributed by atoms with E-state index >= 15 is 0 Å². The SMILES string of the molecule is CC(C)c1ccc(NC(=O)CSc2nc3ccccc3o2)cc1. The van der Waals surface area contributed by atoms with E-state index in [0.717, 1.165) is 16.8 Å². The molecule has 0 bridgehead atoms. The quantitative estimate of drug-likeness (QED) is 0.692. The van der Waals surface area contributed by atoms with Gasteiger partial charge in [0.05, 0.1) is 5.75 Å². The molecule has 0 spiro atoms. The number of nitrogens with one attached hydrogen (secondary N) is 1. The molecule has 0 unspecified atom stereocenters. The first-order chi connectivity index (χ1) is 11.1. The fourth-order valence-corrected chi connectivity index (χ4v) is 2.83. The standard InChI is InChI=1S/C18H18N2O2S/c1-12(2)13-7-9-14(10-8-13)19-17(21)11-23-18-20-15-5-3-4-6-16(15)22-18/h3-10,12H,11H2,1-2H3,(H,19,21). The van der Waals surface area contributed by atoms with Gasteiger partial charge in [-0.05, 0) is 35.7 Å². The van der Waals surface area contributed by atoms with Gasteiger partial charge in [0.25, 0.3) is 5.22 Å². The van der Waals surface area contributed by atoms with Crippen molar-refractivity contribution >= 4 is 34.5 Å². The van der Waals surface area contributed by atoms with Gasteiger partial charge in [-0.2, -0.15) is 0 Å². The zero-order chi connectivity index (χ0) is 16.2. The number of nitrogens with zero attached hydrogens (tertiary/aromatic N) is 1. The van der Waals surface area contributed by atoms with Crippen LogP contribution < -0.4 is 5.32 Å². The topological polar surface area (TPSA) is 55.1 Å². The molecule has 3 aromatic rings. The van der Waals surface area contributed by atoms with Crippen LogP contribution in [0.4, 0.5) is 5.69 Å². The van der Waals surface area contributed by atoms with E-state index < -0.39 is 0 Å². The summed E-state index contributed by atoms with van der Waals surface area (Å²) in [6, 6.07) is 15.5. The van der Waals surface area contributed by atoms with Crippen molar-refractivity contribution in [3.8, 4) is 0 Å². The van der Waals surface area contributed by atoms with E-state index in [-0.39, 0.29) is 11.7 Å². The molecule has 0 aliphatic carbocycles. The summed E-state index contributed by atoms with van der Waals surface area (Å²) in [5.41, 5.74) is 3.60. The first-order valence-electron chi connectivity index (χ1n) is 7.50. The molecule has 0 saturated heterocycles. The zero-order valence-corrected chi connectivity index (χ0v) is 13.9. The Labute approximate surface area is 139 Å². The Kier molecular flexibility index (Phi) is 4.67. The highest BCUT2D eigenvalue weighted by molar-refractivity contribution is 7.99. The molecular weight excluding hydrogens is 308 g/mol. The first kappa shape index (κ1) is 15.6. The predicted octanol–water partition coefficient (Wildman–Crippen LogP) is 4.68. The van der Waals surface area contributed by atoms with Gasteiger partial charge < -0.3 is 9.73 Å². The van der Waals surface area contributed by atoms with Gasteiger partial charge in [-0.3, -0.25) is 4.79 Å². The van der Waals surface area contributed by atoms with Gasteiger partial charge in [0.15, 0.2) is 5.58 Å². The number of thioether (sulfide) groups is 1. The minimum absolute atomic E-state index is 0.0745. The molecule has 0 radical (unpaired) electrons. The van der Waals surface area contributed by atoms with Crippen molar-refractivity contribution in [3.05, 3.63) is 54.1 Å². The molecule has 0 saturated carbocycles. The van der Waals surface area contributed by atoms with Gasteiger partial charge in [-0.1, -0.05) is 49.9 Å². The molecule has 0 fully saturated rings. The molecule has 1 aromatic heterocycles. The molecule has 23 heavy (non-hydrogen) atoms. The minimum Gasteiger partial charge on any atom is -0.431 e. The largest absolute Gasteiger partial charge is 0.431 e. The highest BCUT2D eigenvalue weighted by Crippen LogP contribution is 2.23. The number of hydrogen-bond acceptors (Lipinski definition) is 4. The molecule has 1 heterocycles. The number of benzene rings is 2. The maximum absolute atomic E-state index is 12.0. The van der Waals surface area contributed by atoms with Crippen molar-refractivity contribution in [1.29, 1.82) is 0 Å². The number of anilines is 1. The average molecular weight is 326 g/mol. The third-order valence-corrected chi connectivity index (χ3v) is 4.29. The lowest BCUT2D eigenvalue weighted by molar-refractivity contribution is -0.113. The molecule has 4 nitrogen and oxygen atoms in total. The third-order valence-electron chi connectivity index (χ3n) is 3.46. The summed E-state index contributed by atoms with van der Waals surface area (Å²) in [4.78, 5) is 16.4. The molecule has 3 rings (SSSR count). The second-order valence-corrected chi connectivity index (χ2v) is 6.49. The highest BCUT2D eigenvalue weighted by Gasteiger charge is 2.09. The molecule has 118 valence electrons. The van der Waals surface area contributed by atoms with Gasteiger partial charge in [0.1, 0.15) is 5.52 Å². The molecule has 1 amide bonds. The number of para-hydroxylation sites is 2. The maximum atomic E-state index is 12.0. The number of fused-ring (bicyclic) bond motifs is 1. The van der Waals surface area contributed by atoms with E-state index in [1.54, 1.807) is 0 Å². The van der Waals surface area contributed by atoms with Crippen LogP contribution in [-0.2, 0) is 4.79 Å². The molecule has 0 aliphatic rings. The lowest BCUT2D eigenvalue weighted by Gasteiger charge is -2.07. The van der Waals surface area contributed by atoms with Gasteiger partial charge in [0.2, 0.25) is 5.91 Å². The summed E-state index contributed by atoms with van der Waals surface area (Å²) in [6.07, 6.45) is 0. The van der Waals surface area contributed by atoms with Gasteiger partial charge in [-0.15, -0.1) is 0 Å². The number of carbonyl (C=O) groups excluding carboxylic acids is 1. The zero-order valence-electron chi connectivity index (χ0n) is 13.1. The molecule has 1 N–H and O–H groups in total. The summed E-state index contributed by atoms with van der Waals surface area (Å²) in [5, 5.41) is 3.39. The fraction of sp³-hybridized carbons (Fsp3) is 0.222. The number of rotatable bonds is 5. The number of carbonyl (C=O) groups is 1. The number of aromatic nitrogens is 1. The normalized spacial score (nSPS) is 11.1. The third kappa shape index (κ3) is 3.93. The van der Waals surface area contributed by atoms with Crippen LogP contribution >= 0.6 is 11.8 Å². The number of hydrogen-bond donors (Lipinski definition) is 1. The van der Waals surface area contributed by atoms with Crippen LogP contribution in [0, 0.1) is 0 Å². The predicted molar refractivity (Wildman–Crippen MR) is 93.9 cm³/mol. The van der Waals surface area contributed by atoms with E-state index in [4.69, 9.17) is 4.42 Å². The Balaban J connectivity index is 1.56. The Hall–Kier alpha value is -2.27. The van der Waals surface area contributed by atoms with E-state index in [9.17, 15) is 4.79 Å². The summed E-state index contributed by atoms with van der Waals surface area (Å²) in [5.74, 6) is 0.669. The van der Waals surface area contributed by atoms with Gasteiger partial charge >= 0.3 is 0 Å². The summed E-state index contributed by atoms with van der Waals surface area (Å²) in [7, 11) is 0. The lowest BCUT2D eigenvalue weighted by Crippen LogP contribution is -2.13. The fourth-order valence-electron chi connectivity index (χ4n) is 2.19. The maximum Gasteiger partial charge on any atom is 0.257 e. The summed E-state index contributed by atoms with van der Waals surface area (Å²) in [6.45, 7) is 4.29. The van der Waals surface area contributed by atoms with Gasteiger partial charge in [-0.25, -0.2) is 4.98 Å². The number of oxazole rings is 1. The highest BCUT2D eigenvalue weighted by atomic mass is 32.2. The Morgan fingerprint density at radius 2 is 1.91 bits per heavy atom. The van der Waals surface area contributed by atoms with Crippen molar-refractivity contribution < 1.29 is 9.21 Å². The van der Waals surface area contributed by atoms with Crippen molar-refractivity contribution in [2.75, 3.05) is 11.1 Å². The summed E-state index contributed by atoms with van der Waals surface area (Å²) < 4.78 is 5.58. The first-order valence-corrected chi connectivity index (χ1v) is 8.48. The Bertz CT molecular complexity index is 776. The monoisotopic (exact) mass is 326 g/mol. The lowest BCUT2D eigenvalue weighted by atomic mass is 10.0. The Morgan fingerprint density at radius 1 is 1.17 bits per heavy atom. The molecule has 0 atom stereocenters. The Morgan fingerprint density at radius 3 is 2.61 bits per heavy atom. The van der Waals surface area contributed by atoms with Crippen molar-refractivity contribution in [3.63, 3.8) is 0 Å². The van der Waals surface area contributed by atoms with Crippen LogP contribution in [-0.4, -0.2) is 16.6 Å². The van der Waals surface area contributed by atoms with Crippen LogP contribution in [0.5, 0.6) is 0 Å². The van der Waals surface area contributed by atoms with E-state index in [1.807, 2.05) is 48.5 Å². The van der Waals surface area contributed by atoms with E-state index in [2.05, 4.69) is 24.1 Å².